The molecule has 0 spiro atoms. The van der Waals surface area contributed by atoms with Crippen molar-refractivity contribution in [3.8, 4) is 11.8 Å². The van der Waals surface area contributed by atoms with Crippen LogP contribution in [0.25, 0.3) is 0 Å². The Balaban J connectivity index is 2.12. The zero-order chi connectivity index (χ0) is 15.4. The summed E-state index contributed by atoms with van der Waals surface area (Å²) in [4.78, 5) is 2.39. The second kappa shape index (κ2) is 7.06. The van der Waals surface area contributed by atoms with Gasteiger partial charge in [0.15, 0.2) is 0 Å². The van der Waals surface area contributed by atoms with Gasteiger partial charge in [-0.3, -0.25) is 4.90 Å². The van der Waals surface area contributed by atoms with Crippen molar-refractivity contribution in [3.05, 3.63) is 35.1 Å². The van der Waals surface area contributed by atoms with Gasteiger partial charge in [0.1, 0.15) is 5.82 Å². The first-order valence-corrected chi connectivity index (χ1v) is 7.72. The Kier molecular flexibility index (Phi) is 5.39. The van der Waals surface area contributed by atoms with E-state index in [1.165, 1.54) is 12.5 Å². The summed E-state index contributed by atoms with van der Waals surface area (Å²) in [6.45, 7) is 8.82. The van der Waals surface area contributed by atoms with Gasteiger partial charge in [-0.25, -0.2) is 4.39 Å². The first-order valence-electron chi connectivity index (χ1n) is 7.72. The van der Waals surface area contributed by atoms with Crippen molar-refractivity contribution in [3.63, 3.8) is 0 Å². The number of halogens is 1. The molecule has 1 aliphatic heterocycles. The SMILES string of the molecule is CC1CC(C)C(C)N(Cc2ccc(C#CCN)cc2F)C1. The molecule has 0 saturated carbocycles. The normalized spacial score (nSPS) is 26.2. The molecule has 1 heterocycles. The molecule has 2 nitrogen and oxygen atoms in total. The fourth-order valence-electron chi connectivity index (χ4n) is 3.17. The van der Waals surface area contributed by atoms with Gasteiger partial charge in [0.25, 0.3) is 0 Å². The molecule has 1 aromatic carbocycles. The van der Waals surface area contributed by atoms with Gasteiger partial charge in [-0.15, -0.1) is 0 Å². The summed E-state index contributed by atoms with van der Waals surface area (Å²) < 4.78 is 14.2. The molecule has 3 heteroatoms. The van der Waals surface area contributed by atoms with Crippen LogP contribution in [0.4, 0.5) is 4.39 Å². The molecule has 0 aromatic heterocycles. The van der Waals surface area contributed by atoms with Crippen molar-refractivity contribution < 1.29 is 4.39 Å². The van der Waals surface area contributed by atoms with Crippen LogP contribution >= 0.6 is 0 Å². The molecule has 2 N–H and O–H groups in total. The molecule has 1 aromatic rings. The number of nitrogens with zero attached hydrogens (tertiary/aromatic N) is 1. The van der Waals surface area contributed by atoms with Crippen LogP contribution in [0.3, 0.4) is 0 Å². The summed E-state index contributed by atoms with van der Waals surface area (Å²) in [5, 5.41) is 0. The molecule has 114 valence electrons. The van der Waals surface area contributed by atoms with E-state index < -0.39 is 0 Å². The van der Waals surface area contributed by atoms with E-state index >= 15 is 0 Å². The molecule has 21 heavy (non-hydrogen) atoms. The Bertz CT molecular complexity index is 544. The van der Waals surface area contributed by atoms with Gasteiger partial charge in [-0.2, -0.15) is 0 Å². The van der Waals surface area contributed by atoms with Crippen LogP contribution in [0.1, 0.15) is 38.3 Å². The molecule has 3 unspecified atom stereocenters. The molecule has 0 amide bonds. The van der Waals surface area contributed by atoms with Gasteiger partial charge >= 0.3 is 0 Å². The average Bonchev–Trinajstić information content (AvgIpc) is 2.44. The lowest BCUT2D eigenvalue weighted by molar-refractivity contribution is 0.0720. The molecule has 1 fully saturated rings. The second-order valence-corrected chi connectivity index (χ2v) is 6.30. The number of rotatable bonds is 2. The Morgan fingerprint density at radius 3 is 2.76 bits per heavy atom. The number of likely N-dealkylation sites (tertiary alicyclic amines) is 1. The predicted molar refractivity (Wildman–Crippen MR) is 85.1 cm³/mol. The number of benzene rings is 1. The highest BCUT2D eigenvalue weighted by atomic mass is 19.1. The largest absolute Gasteiger partial charge is 0.320 e. The zero-order valence-electron chi connectivity index (χ0n) is 13.2. The van der Waals surface area contributed by atoms with Gasteiger partial charge in [0.2, 0.25) is 0 Å². The number of hydrogen-bond donors (Lipinski definition) is 1. The maximum atomic E-state index is 14.2. The van der Waals surface area contributed by atoms with Crippen molar-refractivity contribution in [2.24, 2.45) is 17.6 Å². The van der Waals surface area contributed by atoms with Crippen LogP contribution in [0.5, 0.6) is 0 Å². The van der Waals surface area contributed by atoms with Crippen LogP contribution in [0.2, 0.25) is 0 Å². The first-order chi connectivity index (χ1) is 10.0. The van der Waals surface area contributed by atoms with E-state index in [4.69, 9.17) is 5.73 Å². The van der Waals surface area contributed by atoms with E-state index in [0.29, 0.717) is 36.5 Å². The second-order valence-electron chi connectivity index (χ2n) is 6.30. The Labute approximate surface area is 127 Å². The molecule has 2 rings (SSSR count). The van der Waals surface area contributed by atoms with E-state index in [1.807, 2.05) is 12.1 Å². The van der Waals surface area contributed by atoms with Crippen molar-refractivity contribution in [1.29, 1.82) is 0 Å². The molecular weight excluding hydrogens is 263 g/mol. The zero-order valence-corrected chi connectivity index (χ0v) is 13.2. The molecule has 1 saturated heterocycles. The van der Waals surface area contributed by atoms with Gasteiger partial charge in [-0.1, -0.05) is 31.8 Å². The lowest BCUT2D eigenvalue weighted by atomic mass is 9.85. The summed E-state index contributed by atoms with van der Waals surface area (Å²) in [6, 6.07) is 5.74. The Hall–Kier alpha value is -1.37. The van der Waals surface area contributed by atoms with Crippen LogP contribution in [0, 0.1) is 29.5 Å². The lowest BCUT2D eigenvalue weighted by Crippen LogP contribution is -2.45. The minimum absolute atomic E-state index is 0.170. The monoisotopic (exact) mass is 288 g/mol. The van der Waals surface area contributed by atoms with Crippen LogP contribution in [-0.4, -0.2) is 24.0 Å². The minimum atomic E-state index is -0.170. The maximum absolute atomic E-state index is 14.2. The third-order valence-corrected chi connectivity index (χ3v) is 4.48. The standard InChI is InChI=1S/C18H25FN2/c1-13-9-14(2)15(3)21(11-13)12-17-7-6-16(5-4-8-20)10-18(17)19/h6-7,10,13-15H,8-9,11-12,20H2,1-3H3. The molecule has 0 radical (unpaired) electrons. The van der Waals surface area contributed by atoms with Crippen molar-refractivity contribution in [2.45, 2.75) is 39.8 Å². The number of nitrogens with two attached hydrogens (primary N) is 1. The van der Waals surface area contributed by atoms with Crippen LogP contribution in [0.15, 0.2) is 18.2 Å². The molecule has 0 bridgehead atoms. The van der Waals surface area contributed by atoms with E-state index in [9.17, 15) is 4.39 Å². The van der Waals surface area contributed by atoms with E-state index in [1.54, 1.807) is 0 Å². The fraction of sp³-hybridized carbons (Fsp3) is 0.556. The first kappa shape index (κ1) is 16.0. The lowest BCUT2D eigenvalue weighted by Gasteiger charge is -2.41. The number of piperidine rings is 1. The van der Waals surface area contributed by atoms with Gasteiger partial charge in [0.05, 0.1) is 6.54 Å². The highest BCUT2D eigenvalue weighted by Crippen LogP contribution is 2.28. The molecule has 1 aliphatic rings. The summed E-state index contributed by atoms with van der Waals surface area (Å²) in [5.74, 6) is 6.79. The molecule has 3 atom stereocenters. The summed E-state index contributed by atoms with van der Waals surface area (Å²) in [5.41, 5.74) is 6.78. The fourth-order valence-corrected chi connectivity index (χ4v) is 3.17. The summed E-state index contributed by atoms with van der Waals surface area (Å²) >= 11 is 0. The predicted octanol–water partition coefficient (Wildman–Crippen LogP) is 3.00. The Morgan fingerprint density at radius 2 is 2.10 bits per heavy atom. The summed E-state index contributed by atoms with van der Waals surface area (Å²) in [7, 11) is 0. The van der Waals surface area contributed by atoms with Gasteiger partial charge in [-0.05, 0) is 37.3 Å². The van der Waals surface area contributed by atoms with Gasteiger partial charge < -0.3 is 5.73 Å². The third kappa shape index (κ3) is 4.06. The average molecular weight is 288 g/mol. The van der Waals surface area contributed by atoms with Crippen molar-refractivity contribution >= 4 is 0 Å². The quantitative estimate of drug-likeness (QED) is 0.848. The highest BCUT2D eigenvalue weighted by molar-refractivity contribution is 5.37. The highest BCUT2D eigenvalue weighted by Gasteiger charge is 2.28. The molecular formula is C18H25FN2. The van der Waals surface area contributed by atoms with E-state index in [2.05, 4.69) is 37.5 Å². The summed E-state index contributed by atoms with van der Waals surface area (Å²) in [6.07, 6.45) is 1.26. The third-order valence-electron chi connectivity index (χ3n) is 4.48. The maximum Gasteiger partial charge on any atom is 0.128 e. The minimum Gasteiger partial charge on any atom is -0.320 e. The Morgan fingerprint density at radius 1 is 1.33 bits per heavy atom. The topological polar surface area (TPSA) is 29.3 Å². The van der Waals surface area contributed by atoms with Crippen LogP contribution < -0.4 is 5.73 Å². The molecule has 0 aliphatic carbocycles. The van der Waals surface area contributed by atoms with Crippen molar-refractivity contribution in [1.82, 2.24) is 4.90 Å². The smallest absolute Gasteiger partial charge is 0.128 e. The van der Waals surface area contributed by atoms with E-state index in [0.717, 1.165) is 12.1 Å². The van der Waals surface area contributed by atoms with Crippen LogP contribution in [-0.2, 0) is 6.54 Å². The van der Waals surface area contributed by atoms with Gasteiger partial charge in [0, 0.05) is 30.3 Å². The number of hydrogen-bond acceptors (Lipinski definition) is 2. The van der Waals surface area contributed by atoms with E-state index in [-0.39, 0.29) is 5.82 Å². The van der Waals surface area contributed by atoms with Crippen molar-refractivity contribution in [2.75, 3.05) is 13.1 Å².